The predicted octanol–water partition coefficient (Wildman–Crippen LogP) is 7.28. The lowest BCUT2D eigenvalue weighted by molar-refractivity contribution is 0.587. The van der Waals surface area contributed by atoms with Gasteiger partial charge in [0.05, 0.1) is 0 Å². The molecule has 0 saturated heterocycles. The Labute approximate surface area is 268 Å². The molecule has 0 atom stereocenters. The molecule has 0 spiro atoms. The Morgan fingerprint density at radius 2 is 0.556 bits per heavy atom. The average Bonchev–Trinajstić information content (AvgIpc) is 3.14. The Morgan fingerprint density at radius 1 is 0.333 bits per heavy atom. The fourth-order valence-electron chi connectivity index (χ4n) is 6.57. The summed E-state index contributed by atoms with van der Waals surface area (Å²) in [5.74, 6) is 0. The second kappa shape index (κ2) is 14.0. The zero-order valence-corrected chi connectivity index (χ0v) is 28.1. The van der Waals surface area contributed by atoms with Crippen LogP contribution in [0.25, 0.3) is 0 Å². The van der Waals surface area contributed by atoms with Crippen LogP contribution in [-0.4, -0.2) is 20.4 Å². The van der Waals surface area contributed by atoms with Gasteiger partial charge in [0.15, 0.2) is 0 Å². The molecule has 0 aliphatic heterocycles. The third kappa shape index (κ3) is 6.54. The molecule has 2 nitrogen and oxygen atoms in total. The summed E-state index contributed by atoms with van der Waals surface area (Å²) in [5, 5.41) is 6.13. The van der Waals surface area contributed by atoms with Crippen LogP contribution < -0.4 is 31.6 Å². The molecule has 0 N–H and O–H groups in total. The van der Waals surface area contributed by atoms with Gasteiger partial charge in [0.1, 0.15) is 22.4 Å². The number of rotatable bonds is 12. The fourth-order valence-corrected chi connectivity index (χ4v) is 19.8. The van der Waals surface area contributed by atoms with E-state index in [4.69, 9.17) is 0 Å². The van der Waals surface area contributed by atoms with Gasteiger partial charge in [0, 0.05) is 33.5 Å². The van der Waals surface area contributed by atoms with E-state index in [-0.39, 0.29) is 0 Å². The van der Waals surface area contributed by atoms with E-state index < -0.39 is 22.4 Å². The van der Waals surface area contributed by atoms with Crippen LogP contribution in [0.1, 0.15) is 0 Å². The highest BCUT2D eigenvalue weighted by molar-refractivity contribution is 7.79. The minimum absolute atomic E-state index is 0.540. The molecule has 0 aliphatic carbocycles. The molecule has 0 amide bonds. The molecular weight excluding hydrogens is 602 g/mol. The largest absolute Gasteiger partial charge is 0.314 e. The van der Waals surface area contributed by atoms with Gasteiger partial charge < -0.3 is 9.13 Å². The minimum Gasteiger partial charge on any atom is -0.314 e. The van der Waals surface area contributed by atoms with E-state index in [0.717, 1.165) is 33.3 Å². The van der Waals surface area contributed by atoms with Gasteiger partial charge in [-0.15, -0.1) is 0 Å². The monoisotopic (exact) mass is 640 g/mol. The molecule has 45 heavy (non-hydrogen) atoms. The third-order valence-electron chi connectivity index (χ3n) is 9.05. The maximum absolute atomic E-state index is 15.3. The molecule has 0 fully saturated rings. The van der Waals surface area contributed by atoms with Crippen molar-refractivity contribution >= 4 is 53.9 Å². The standard InChI is InChI=1S/C40H38O2P2Si/c41-43(35-19-7-1-8-20-35,36-21-9-2-10-22-36)31-33-45(39-27-15-5-16-28-39,40-29-17-6-18-30-40)34-32-44(42,37-23-11-3-12-24-37)38-25-13-4-14-26-38/h1-30H,31-34H2. The van der Waals surface area contributed by atoms with E-state index in [9.17, 15) is 0 Å². The normalized spacial score (nSPS) is 12.1. The van der Waals surface area contributed by atoms with Crippen molar-refractivity contribution in [1.29, 1.82) is 0 Å². The first-order valence-electron chi connectivity index (χ1n) is 15.6. The summed E-state index contributed by atoms with van der Waals surface area (Å²) in [7, 11) is -8.60. The maximum atomic E-state index is 15.3. The van der Waals surface area contributed by atoms with Gasteiger partial charge in [-0.3, -0.25) is 0 Å². The molecule has 6 aromatic rings. The van der Waals surface area contributed by atoms with Crippen molar-refractivity contribution < 1.29 is 9.13 Å². The second-order valence-corrected chi connectivity index (χ2v) is 21.8. The highest BCUT2D eigenvalue weighted by atomic mass is 31.2. The summed E-state index contributed by atoms with van der Waals surface area (Å²) in [6.45, 7) is 0. The average molecular weight is 641 g/mol. The Kier molecular flexibility index (Phi) is 9.62. The van der Waals surface area contributed by atoms with Crippen LogP contribution >= 0.6 is 14.3 Å². The molecule has 0 saturated carbocycles. The third-order valence-corrected chi connectivity index (χ3v) is 21.2. The highest BCUT2D eigenvalue weighted by Gasteiger charge is 2.42. The van der Waals surface area contributed by atoms with Gasteiger partial charge in [0.2, 0.25) is 0 Å². The van der Waals surface area contributed by atoms with E-state index in [1.165, 1.54) is 10.4 Å². The molecule has 0 aliphatic rings. The van der Waals surface area contributed by atoms with Crippen molar-refractivity contribution in [1.82, 2.24) is 0 Å². The molecule has 0 aromatic heterocycles. The quantitative estimate of drug-likeness (QED) is 0.104. The van der Waals surface area contributed by atoms with Crippen molar-refractivity contribution in [2.45, 2.75) is 12.1 Å². The smallest absolute Gasteiger partial charge is 0.143 e. The molecule has 0 unspecified atom stereocenters. The van der Waals surface area contributed by atoms with Crippen LogP contribution in [0.5, 0.6) is 0 Å². The molecule has 6 aromatic carbocycles. The lowest BCUT2D eigenvalue weighted by Crippen LogP contribution is -2.59. The van der Waals surface area contributed by atoms with Crippen molar-refractivity contribution in [2.75, 3.05) is 12.3 Å². The van der Waals surface area contributed by atoms with E-state index in [2.05, 4.69) is 60.7 Å². The van der Waals surface area contributed by atoms with E-state index in [1.807, 2.05) is 121 Å². The molecule has 0 radical (unpaired) electrons. The Balaban J connectivity index is 1.49. The molecule has 6 rings (SSSR count). The van der Waals surface area contributed by atoms with Gasteiger partial charge in [0.25, 0.3) is 0 Å². The van der Waals surface area contributed by atoms with Crippen LogP contribution in [0.4, 0.5) is 0 Å². The van der Waals surface area contributed by atoms with E-state index in [1.54, 1.807) is 0 Å². The Bertz CT molecular complexity index is 1650. The number of hydrogen-bond donors (Lipinski definition) is 0. The topological polar surface area (TPSA) is 34.1 Å². The van der Waals surface area contributed by atoms with Crippen LogP contribution in [0.3, 0.4) is 0 Å². The lowest BCUT2D eigenvalue weighted by Gasteiger charge is -2.36. The molecule has 224 valence electrons. The van der Waals surface area contributed by atoms with Crippen molar-refractivity contribution in [2.24, 2.45) is 0 Å². The summed E-state index contributed by atoms with van der Waals surface area (Å²) in [4.78, 5) is 0. The summed E-state index contributed by atoms with van der Waals surface area (Å²) in [6, 6.07) is 63.0. The Morgan fingerprint density at radius 3 is 0.800 bits per heavy atom. The first-order chi connectivity index (χ1) is 22.0. The summed E-state index contributed by atoms with van der Waals surface area (Å²) in [5.41, 5.74) is 0. The molecule has 0 heterocycles. The summed E-state index contributed by atoms with van der Waals surface area (Å²) in [6.07, 6.45) is 1.08. The molecular formula is C40H38O2P2Si. The highest BCUT2D eigenvalue weighted by Crippen LogP contribution is 2.48. The number of hydrogen-bond acceptors (Lipinski definition) is 2. The number of benzene rings is 6. The zero-order chi connectivity index (χ0) is 31.0. The van der Waals surface area contributed by atoms with Gasteiger partial charge in [-0.2, -0.15) is 0 Å². The van der Waals surface area contributed by atoms with E-state index in [0.29, 0.717) is 12.3 Å². The molecule has 0 bridgehead atoms. The molecule has 5 heteroatoms. The van der Waals surface area contributed by atoms with Crippen LogP contribution in [-0.2, 0) is 9.13 Å². The minimum atomic E-state index is -2.98. The lowest BCUT2D eigenvalue weighted by atomic mass is 10.4. The Hall–Kier alpha value is -4.00. The van der Waals surface area contributed by atoms with Crippen molar-refractivity contribution in [3.05, 3.63) is 182 Å². The van der Waals surface area contributed by atoms with Gasteiger partial charge in [-0.1, -0.05) is 192 Å². The summed E-state index contributed by atoms with van der Waals surface area (Å²) >= 11 is 0. The van der Waals surface area contributed by atoms with Crippen LogP contribution in [0, 0.1) is 0 Å². The van der Waals surface area contributed by atoms with Gasteiger partial charge in [-0.25, -0.2) is 0 Å². The van der Waals surface area contributed by atoms with E-state index >= 15 is 9.13 Å². The first-order valence-corrected chi connectivity index (χ1v) is 21.8. The first kappa shape index (κ1) is 31.0. The zero-order valence-electron chi connectivity index (χ0n) is 25.4. The SMILES string of the molecule is O=P(CC[Si](CCP(=O)(c1ccccc1)c1ccccc1)(c1ccccc1)c1ccccc1)(c1ccccc1)c1ccccc1. The van der Waals surface area contributed by atoms with Crippen molar-refractivity contribution in [3.63, 3.8) is 0 Å². The summed E-state index contributed by atoms with van der Waals surface area (Å²) < 4.78 is 30.7. The predicted molar refractivity (Wildman–Crippen MR) is 197 cm³/mol. The van der Waals surface area contributed by atoms with Crippen molar-refractivity contribution in [3.8, 4) is 0 Å². The van der Waals surface area contributed by atoms with Crippen LogP contribution in [0.15, 0.2) is 182 Å². The fraction of sp³-hybridized carbons (Fsp3) is 0.100. The van der Waals surface area contributed by atoms with Gasteiger partial charge >= 0.3 is 0 Å². The van der Waals surface area contributed by atoms with Crippen LogP contribution in [0.2, 0.25) is 12.1 Å². The van der Waals surface area contributed by atoms with Gasteiger partial charge in [-0.05, 0) is 12.1 Å². The maximum Gasteiger partial charge on any atom is 0.143 e. The second-order valence-electron chi connectivity index (χ2n) is 11.6.